The number of nitrogens with one attached hydrogen (secondary N) is 2. The summed E-state index contributed by atoms with van der Waals surface area (Å²) in [5, 5.41) is 5.74. The highest BCUT2D eigenvalue weighted by Gasteiger charge is 2.45. The number of amides is 2. The molecule has 2 aromatic rings. The number of benzene rings is 1. The van der Waals surface area contributed by atoms with E-state index in [1.807, 2.05) is 24.3 Å². The van der Waals surface area contributed by atoms with Gasteiger partial charge in [-0.05, 0) is 48.8 Å². The molecule has 3 rings (SSSR count). The van der Waals surface area contributed by atoms with Crippen molar-refractivity contribution in [2.24, 2.45) is 0 Å². The maximum absolute atomic E-state index is 13.9. The van der Waals surface area contributed by atoms with Gasteiger partial charge >= 0.3 is 6.61 Å². The maximum Gasteiger partial charge on any atom is 0.388 e. The number of rotatable bonds is 8. The van der Waals surface area contributed by atoms with E-state index in [1.54, 1.807) is 0 Å². The van der Waals surface area contributed by atoms with E-state index in [-0.39, 0.29) is 35.3 Å². The number of methoxy groups -OCH3 is 1. The van der Waals surface area contributed by atoms with Crippen molar-refractivity contribution in [1.29, 1.82) is 0 Å². The Labute approximate surface area is 198 Å². The monoisotopic (exact) mass is 475 g/mol. The molecule has 0 spiro atoms. The van der Waals surface area contributed by atoms with Crippen LogP contribution in [0.1, 0.15) is 63.5 Å². The van der Waals surface area contributed by atoms with E-state index in [2.05, 4.69) is 34.2 Å². The number of ether oxygens (including phenoxy) is 2. The van der Waals surface area contributed by atoms with Gasteiger partial charge in [-0.25, -0.2) is 0 Å². The molecule has 34 heavy (non-hydrogen) atoms. The largest absolute Gasteiger partial charge is 0.481 e. The van der Waals surface area contributed by atoms with E-state index < -0.39 is 17.9 Å². The first kappa shape index (κ1) is 25.4. The molecule has 2 amide bonds. The third-order valence-corrected chi connectivity index (χ3v) is 6.27. The first-order valence-corrected chi connectivity index (χ1v) is 11.3. The highest BCUT2D eigenvalue weighted by Crippen LogP contribution is 2.44. The molecule has 1 fully saturated rings. The minimum atomic E-state index is -3.11. The lowest BCUT2D eigenvalue weighted by Crippen LogP contribution is -2.48. The fourth-order valence-corrected chi connectivity index (χ4v) is 4.65. The zero-order valence-electron chi connectivity index (χ0n) is 19.9. The Morgan fingerprint density at radius 3 is 2.38 bits per heavy atom. The average molecular weight is 476 g/mol. The minimum absolute atomic E-state index is 0.0231. The van der Waals surface area contributed by atoms with Crippen molar-refractivity contribution in [2.45, 2.75) is 70.4 Å². The molecular formula is C25H31F2N3O4. The van der Waals surface area contributed by atoms with Gasteiger partial charge in [-0.2, -0.15) is 13.8 Å². The predicted octanol–water partition coefficient (Wildman–Crippen LogP) is 4.77. The van der Waals surface area contributed by atoms with Crippen LogP contribution in [0.25, 0.3) is 0 Å². The normalized spacial score (nSPS) is 20.2. The number of pyridine rings is 1. The smallest absolute Gasteiger partial charge is 0.388 e. The molecule has 0 saturated heterocycles. The zero-order valence-corrected chi connectivity index (χ0v) is 19.9. The van der Waals surface area contributed by atoms with Crippen LogP contribution in [-0.4, -0.2) is 36.6 Å². The van der Waals surface area contributed by atoms with Gasteiger partial charge in [0, 0.05) is 19.0 Å². The summed E-state index contributed by atoms with van der Waals surface area (Å²) < 4.78 is 35.6. The van der Waals surface area contributed by atoms with Crippen molar-refractivity contribution in [2.75, 3.05) is 12.4 Å². The zero-order chi connectivity index (χ0) is 24.9. The van der Waals surface area contributed by atoms with Crippen LogP contribution in [0.4, 0.5) is 14.5 Å². The molecule has 9 heteroatoms. The van der Waals surface area contributed by atoms with Crippen LogP contribution in [0.2, 0.25) is 0 Å². The van der Waals surface area contributed by atoms with Gasteiger partial charge in [0.05, 0.1) is 12.5 Å². The van der Waals surface area contributed by atoms with Crippen molar-refractivity contribution < 1.29 is 27.8 Å². The number of aromatic nitrogens is 1. The molecule has 0 atom stereocenters. The second-order valence-corrected chi connectivity index (χ2v) is 8.84. The van der Waals surface area contributed by atoms with Crippen molar-refractivity contribution in [3.63, 3.8) is 0 Å². The van der Waals surface area contributed by atoms with E-state index >= 15 is 0 Å². The van der Waals surface area contributed by atoms with Crippen LogP contribution in [0, 0.1) is 0 Å². The van der Waals surface area contributed by atoms with Crippen LogP contribution in [0.5, 0.6) is 11.8 Å². The van der Waals surface area contributed by atoms with Crippen LogP contribution in [-0.2, 0) is 15.0 Å². The highest BCUT2D eigenvalue weighted by atomic mass is 19.3. The molecule has 1 saturated carbocycles. The second kappa shape index (κ2) is 10.8. The molecule has 2 N–H and O–H groups in total. The third-order valence-electron chi connectivity index (χ3n) is 6.27. The number of nitrogens with zero attached hydrogens (tertiary/aromatic N) is 1. The summed E-state index contributed by atoms with van der Waals surface area (Å²) in [6.45, 7) is 2.49. The number of hydrogen-bond donors (Lipinski definition) is 2. The summed E-state index contributed by atoms with van der Waals surface area (Å²) in [4.78, 5) is 29.4. The number of alkyl halides is 2. The summed E-state index contributed by atoms with van der Waals surface area (Å²) >= 11 is 0. The molecule has 1 heterocycles. The van der Waals surface area contributed by atoms with Gasteiger partial charge in [-0.3, -0.25) is 9.59 Å². The quantitative estimate of drug-likeness (QED) is 0.574. The molecule has 0 radical (unpaired) electrons. The summed E-state index contributed by atoms with van der Waals surface area (Å²) in [6, 6.07) is 10.7. The maximum atomic E-state index is 13.9. The Morgan fingerprint density at radius 1 is 1.12 bits per heavy atom. The summed E-state index contributed by atoms with van der Waals surface area (Å²) in [6.07, 6.45) is 2.20. The Hall–Kier alpha value is -3.23. The fourth-order valence-electron chi connectivity index (χ4n) is 4.65. The first-order valence-electron chi connectivity index (χ1n) is 11.3. The van der Waals surface area contributed by atoms with Gasteiger partial charge in [0.1, 0.15) is 5.69 Å². The van der Waals surface area contributed by atoms with Gasteiger partial charge in [0.25, 0.3) is 0 Å². The fraction of sp³-hybridized carbons (Fsp3) is 0.480. The lowest BCUT2D eigenvalue weighted by atomic mass is 9.65. The van der Waals surface area contributed by atoms with Crippen molar-refractivity contribution in [3.8, 4) is 11.8 Å². The first-order chi connectivity index (χ1) is 16.2. The molecule has 1 aromatic heterocycles. The van der Waals surface area contributed by atoms with Crippen molar-refractivity contribution in [3.05, 3.63) is 47.5 Å². The van der Waals surface area contributed by atoms with Crippen LogP contribution < -0.4 is 20.1 Å². The van der Waals surface area contributed by atoms with Gasteiger partial charge in [0.15, 0.2) is 0 Å². The van der Waals surface area contributed by atoms with E-state index in [9.17, 15) is 18.4 Å². The minimum Gasteiger partial charge on any atom is -0.481 e. The summed E-state index contributed by atoms with van der Waals surface area (Å²) in [5.41, 5.74) is 1.09. The molecule has 0 bridgehead atoms. The molecule has 0 aliphatic heterocycles. The Bertz CT molecular complexity index is 1020. The predicted molar refractivity (Wildman–Crippen MR) is 124 cm³/mol. The van der Waals surface area contributed by atoms with E-state index in [1.165, 1.54) is 26.2 Å². The molecule has 1 aliphatic rings. The van der Waals surface area contributed by atoms with Crippen LogP contribution in [0.15, 0.2) is 36.4 Å². The van der Waals surface area contributed by atoms with Gasteiger partial charge in [0.2, 0.25) is 23.6 Å². The number of anilines is 1. The molecule has 7 nitrogen and oxygen atoms in total. The number of hydrogen-bond acceptors (Lipinski definition) is 5. The molecule has 0 unspecified atom stereocenters. The topological polar surface area (TPSA) is 89.6 Å². The van der Waals surface area contributed by atoms with Gasteiger partial charge in [-0.1, -0.05) is 38.1 Å². The van der Waals surface area contributed by atoms with Crippen LogP contribution in [0.3, 0.4) is 0 Å². The highest BCUT2D eigenvalue weighted by molar-refractivity contribution is 6.00. The number of halogens is 2. The molecular weight excluding hydrogens is 444 g/mol. The molecule has 1 aromatic carbocycles. The molecule has 1 aliphatic carbocycles. The second-order valence-electron chi connectivity index (χ2n) is 8.84. The van der Waals surface area contributed by atoms with E-state index in [0.29, 0.717) is 25.7 Å². The number of carbonyl (C=O) groups is 2. The van der Waals surface area contributed by atoms with Gasteiger partial charge < -0.3 is 20.1 Å². The summed E-state index contributed by atoms with van der Waals surface area (Å²) in [7, 11) is 1.36. The summed E-state index contributed by atoms with van der Waals surface area (Å²) in [5.74, 6) is -0.587. The van der Waals surface area contributed by atoms with Gasteiger partial charge in [-0.15, -0.1) is 0 Å². The molecule has 184 valence electrons. The number of carbonyl (C=O) groups excluding carboxylic acids is 2. The Balaban J connectivity index is 2.00. The standard InChI is InChI=1S/C25H31F2N3O4/c1-15(2)18-7-5-6-8-19(18)25(13-11-17(12-14-25)28-16(3)31)23(32)29-20-9-10-21(33-4)30-22(20)34-24(26)27/h5-10,15,17,24H,11-14H2,1-4H3,(H,28,31)(H,29,32). The van der Waals surface area contributed by atoms with Crippen molar-refractivity contribution >= 4 is 17.5 Å². The Kier molecular flexibility index (Phi) is 8.06. The third kappa shape index (κ3) is 5.63. The van der Waals surface area contributed by atoms with Crippen LogP contribution >= 0.6 is 0 Å². The lowest BCUT2D eigenvalue weighted by molar-refractivity contribution is -0.123. The van der Waals surface area contributed by atoms with E-state index in [4.69, 9.17) is 4.74 Å². The SMILES string of the molecule is COc1ccc(NC(=O)C2(c3ccccc3C(C)C)CCC(NC(C)=O)CC2)c(OC(F)F)n1. The van der Waals surface area contributed by atoms with Crippen molar-refractivity contribution in [1.82, 2.24) is 10.3 Å². The Morgan fingerprint density at radius 2 is 1.79 bits per heavy atom. The average Bonchev–Trinajstić information content (AvgIpc) is 2.80. The lowest BCUT2D eigenvalue weighted by Gasteiger charge is -2.41. The van der Waals surface area contributed by atoms with E-state index in [0.717, 1.165) is 11.1 Å².